The Morgan fingerprint density at radius 3 is 2.48 bits per heavy atom. The highest BCUT2D eigenvalue weighted by Gasteiger charge is 2.33. The van der Waals surface area contributed by atoms with Gasteiger partial charge in [0.2, 0.25) is 5.91 Å². The Hall–Kier alpha value is -0.610. The lowest BCUT2D eigenvalue weighted by Gasteiger charge is -2.37. The van der Waals surface area contributed by atoms with Crippen molar-refractivity contribution in [1.82, 2.24) is 10.2 Å². The van der Waals surface area contributed by atoms with Gasteiger partial charge in [-0.1, -0.05) is 27.2 Å². The van der Waals surface area contributed by atoms with Crippen LogP contribution in [0.1, 0.15) is 60.3 Å². The van der Waals surface area contributed by atoms with Crippen LogP contribution >= 0.6 is 0 Å². The fraction of sp³-hybridized carbons (Fsp3) is 0.941. The molecule has 0 saturated carbocycles. The Bertz CT molecular complexity index is 308. The molecular formula is C17H34N2O2. The van der Waals surface area contributed by atoms with E-state index in [0.29, 0.717) is 18.1 Å². The molecule has 0 spiro atoms. The standard InChI is InChI=1S/C17H34N2O2/c1-6-9-17(4,5)16(20)19-11-7-15(8-12-19)18-10-13-21-14(2)3/h14-15,18H,6-13H2,1-5H3. The van der Waals surface area contributed by atoms with Gasteiger partial charge in [-0.2, -0.15) is 0 Å². The molecule has 0 aliphatic carbocycles. The first-order chi connectivity index (χ1) is 9.86. The van der Waals surface area contributed by atoms with Crippen molar-refractivity contribution >= 4 is 5.91 Å². The zero-order valence-corrected chi connectivity index (χ0v) is 14.6. The van der Waals surface area contributed by atoms with Gasteiger partial charge in [0.1, 0.15) is 0 Å². The zero-order chi connectivity index (χ0) is 15.9. The minimum absolute atomic E-state index is 0.208. The largest absolute Gasteiger partial charge is 0.377 e. The summed E-state index contributed by atoms with van der Waals surface area (Å²) in [4.78, 5) is 14.6. The van der Waals surface area contributed by atoms with Crippen LogP contribution in [0.3, 0.4) is 0 Å². The number of carbonyl (C=O) groups is 1. The molecule has 1 fully saturated rings. The van der Waals surface area contributed by atoms with Crippen molar-refractivity contribution in [3.05, 3.63) is 0 Å². The predicted octanol–water partition coefficient (Wildman–Crippen LogP) is 2.82. The second-order valence-electron chi connectivity index (χ2n) is 7.07. The summed E-state index contributed by atoms with van der Waals surface area (Å²) >= 11 is 0. The van der Waals surface area contributed by atoms with Gasteiger partial charge in [-0.05, 0) is 33.1 Å². The van der Waals surface area contributed by atoms with Gasteiger partial charge >= 0.3 is 0 Å². The van der Waals surface area contributed by atoms with Crippen LogP contribution in [0.25, 0.3) is 0 Å². The van der Waals surface area contributed by atoms with E-state index in [-0.39, 0.29) is 5.41 Å². The zero-order valence-electron chi connectivity index (χ0n) is 14.6. The molecule has 1 amide bonds. The third-order valence-corrected chi connectivity index (χ3v) is 4.22. The molecule has 1 aliphatic rings. The lowest BCUT2D eigenvalue weighted by atomic mass is 9.85. The quantitative estimate of drug-likeness (QED) is 0.701. The van der Waals surface area contributed by atoms with E-state index in [2.05, 4.69) is 44.8 Å². The summed E-state index contributed by atoms with van der Waals surface area (Å²) in [5.74, 6) is 0.325. The molecule has 124 valence electrons. The van der Waals surface area contributed by atoms with Crippen LogP contribution in [0.2, 0.25) is 0 Å². The van der Waals surface area contributed by atoms with E-state index in [0.717, 1.165) is 51.9 Å². The van der Waals surface area contributed by atoms with Gasteiger partial charge in [0.15, 0.2) is 0 Å². The summed E-state index contributed by atoms with van der Waals surface area (Å²) in [6.45, 7) is 13.8. The van der Waals surface area contributed by atoms with Gasteiger partial charge in [0.05, 0.1) is 12.7 Å². The van der Waals surface area contributed by atoms with Crippen molar-refractivity contribution in [2.24, 2.45) is 5.41 Å². The smallest absolute Gasteiger partial charge is 0.228 e. The monoisotopic (exact) mass is 298 g/mol. The maximum absolute atomic E-state index is 12.5. The summed E-state index contributed by atoms with van der Waals surface area (Å²) in [6, 6.07) is 0.527. The van der Waals surface area contributed by atoms with E-state index in [1.165, 1.54) is 0 Å². The van der Waals surface area contributed by atoms with Gasteiger partial charge in [0.25, 0.3) is 0 Å². The summed E-state index contributed by atoms with van der Waals surface area (Å²) in [7, 11) is 0. The average Bonchev–Trinajstić information content (AvgIpc) is 2.43. The number of nitrogens with one attached hydrogen (secondary N) is 1. The molecule has 0 unspecified atom stereocenters. The topological polar surface area (TPSA) is 41.6 Å². The van der Waals surface area contributed by atoms with Gasteiger partial charge < -0.3 is 15.0 Å². The van der Waals surface area contributed by atoms with E-state index >= 15 is 0 Å². The van der Waals surface area contributed by atoms with E-state index in [4.69, 9.17) is 4.74 Å². The number of nitrogens with zero attached hydrogens (tertiary/aromatic N) is 1. The maximum Gasteiger partial charge on any atom is 0.228 e. The maximum atomic E-state index is 12.5. The Balaban J connectivity index is 2.27. The van der Waals surface area contributed by atoms with Crippen LogP contribution < -0.4 is 5.32 Å². The Labute approximate surface area is 130 Å². The molecule has 4 heteroatoms. The Morgan fingerprint density at radius 2 is 1.95 bits per heavy atom. The normalized spacial score (nSPS) is 17.5. The Morgan fingerprint density at radius 1 is 1.33 bits per heavy atom. The van der Waals surface area contributed by atoms with Crippen LogP contribution in [0.15, 0.2) is 0 Å². The lowest BCUT2D eigenvalue weighted by Crippen LogP contribution is -2.49. The number of piperidine rings is 1. The van der Waals surface area contributed by atoms with E-state index in [1.54, 1.807) is 0 Å². The first-order valence-electron chi connectivity index (χ1n) is 8.51. The highest BCUT2D eigenvalue weighted by Crippen LogP contribution is 2.26. The van der Waals surface area contributed by atoms with Crippen molar-refractivity contribution in [2.45, 2.75) is 72.4 Å². The second-order valence-corrected chi connectivity index (χ2v) is 7.07. The molecule has 1 N–H and O–H groups in total. The highest BCUT2D eigenvalue weighted by molar-refractivity contribution is 5.82. The number of hydrogen-bond acceptors (Lipinski definition) is 3. The van der Waals surface area contributed by atoms with E-state index < -0.39 is 0 Å². The van der Waals surface area contributed by atoms with Crippen LogP contribution in [-0.4, -0.2) is 49.2 Å². The molecular weight excluding hydrogens is 264 g/mol. The number of carbonyl (C=O) groups excluding carboxylic acids is 1. The predicted molar refractivity (Wildman–Crippen MR) is 87.4 cm³/mol. The summed E-state index contributed by atoms with van der Waals surface area (Å²) in [5, 5.41) is 3.54. The molecule has 0 aromatic carbocycles. The summed E-state index contributed by atoms with van der Waals surface area (Å²) in [5.41, 5.74) is -0.208. The number of rotatable bonds is 8. The van der Waals surface area contributed by atoms with Crippen LogP contribution in [0.5, 0.6) is 0 Å². The molecule has 21 heavy (non-hydrogen) atoms. The van der Waals surface area contributed by atoms with Gasteiger partial charge in [-0.25, -0.2) is 0 Å². The molecule has 1 aliphatic heterocycles. The van der Waals surface area contributed by atoms with Crippen molar-refractivity contribution in [3.8, 4) is 0 Å². The van der Waals surface area contributed by atoms with Crippen molar-refractivity contribution < 1.29 is 9.53 Å². The third-order valence-electron chi connectivity index (χ3n) is 4.22. The molecule has 1 saturated heterocycles. The summed E-state index contributed by atoms with van der Waals surface area (Å²) in [6.07, 6.45) is 4.43. The number of amides is 1. The molecule has 0 aromatic rings. The molecule has 0 radical (unpaired) electrons. The first kappa shape index (κ1) is 18.4. The Kier molecular flexibility index (Phi) is 7.67. The lowest BCUT2D eigenvalue weighted by molar-refractivity contribution is -0.142. The SMILES string of the molecule is CCCC(C)(C)C(=O)N1CCC(NCCOC(C)C)CC1. The highest BCUT2D eigenvalue weighted by atomic mass is 16.5. The van der Waals surface area contributed by atoms with E-state index in [1.807, 2.05) is 0 Å². The van der Waals surface area contributed by atoms with Gasteiger partial charge in [0, 0.05) is 31.1 Å². The average molecular weight is 298 g/mol. The number of likely N-dealkylation sites (tertiary alicyclic amines) is 1. The van der Waals surface area contributed by atoms with Crippen molar-refractivity contribution in [2.75, 3.05) is 26.2 Å². The molecule has 0 atom stereocenters. The van der Waals surface area contributed by atoms with Crippen molar-refractivity contribution in [3.63, 3.8) is 0 Å². The van der Waals surface area contributed by atoms with Crippen LogP contribution in [-0.2, 0) is 9.53 Å². The molecule has 0 aromatic heterocycles. The van der Waals surface area contributed by atoms with Gasteiger partial charge in [-0.15, -0.1) is 0 Å². The van der Waals surface area contributed by atoms with Crippen LogP contribution in [0.4, 0.5) is 0 Å². The summed E-state index contributed by atoms with van der Waals surface area (Å²) < 4.78 is 5.54. The second kappa shape index (κ2) is 8.74. The fourth-order valence-corrected chi connectivity index (χ4v) is 3.00. The minimum atomic E-state index is -0.208. The minimum Gasteiger partial charge on any atom is -0.377 e. The molecule has 1 heterocycles. The fourth-order valence-electron chi connectivity index (χ4n) is 3.00. The molecule has 4 nitrogen and oxygen atoms in total. The number of ether oxygens (including phenoxy) is 1. The third kappa shape index (κ3) is 6.35. The van der Waals surface area contributed by atoms with Crippen molar-refractivity contribution in [1.29, 1.82) is 0 Å². The van der Waals surface area contributed by atoms with Gasteiger partial charge in [-0.3, -0.25) is 4.79 Å². The van der Waals surface area contributed by atoms with E-state index in [9.17, 15) is 4.79 Å². The molecule has 0 bridgehead atoms. The van der Waals surface area contributed by atoms with Crippen LogP contribution in [0, 0.1) is 5.41 Å². The molecule has 1 rings (SSSR count). The first-order valence-corrected chi connectivity index (χ1v) is 8.51. The number of hydrogen-bond donors (Lipinski definition) is 1.